The molecule has 0 fully saturated rings. The second kappa shape index (κ2) is 12.5. The number of nitrogens with one attached hydrogen (secondary N) is 2. The van der Waals surface area contributed by atoms with Crippen molar-refractivity contribution in [3.05, 3.63) is 47.5 Å². The molecular weight excluding hydrogens is 531 g/mol. The zero-order valence-corrected chi connectivity index (χ0v) is 19.7. The lowest BCUT2D eigenvalue weighted by Crippen LogP contribution is -2.38. The Kier molecular flexibility index (Phi) is 10.7. The molecule has 0 unspecified atom stereocenters. The quantitative estimate of drug-likeness (QED) is 0.170. The molecule has 0 aliphatic carbocycles. The van der Waals surface area contributed by atoms with Gasteiger partial charge in [0.25, 0.3) is 0 Å². The van der Waals surface area contributed by atoms with Gasteiger partial charge in [-0.15, -0.1) is 24.0 Å². The van der Waals surface area contributed by atoms with Crippen LogP contribution in [0.3, 0.4) is 0 Å². The number of methoxy groups -OCH3 is 1. The Balaban J connectivity index is 0.00000480. The molecule has 0 radical (unpaired) electrons. The van der Waals surface area contributed by atoms with E-state index in [1.807, 2.05) is 11.8 Å². The fourth-order valence-corrected chi connectivity index (χ4v) is 2.56. The van der Waals surface area contributed by atoms with E-state index in [4.69, 9.17) is 4.74 Å². The van der Waals surface area contributed by atoms with Gasteiger partial charge in [-0.1, -0.05) is 6.07 Å². The number of aromatic nitrogens is 2. The van der Waals surface area contributed by atoms with Crippen molar-refractivity contribution in [1.29, 1.82) is 0 Å². The van der Waals surface area contributed by atoms with Gasteiger partial charge >= 0.3 is 6.18 Å². The summed E-state index contributed by atoms with van der Waals surface area (Å²) < 4.78 is 56.9. The third-order valence-electron chi connectivity index (χ3n) is 3.93. The number of ether oxygens (including phenoxy) is 1. The smallest absolute Gasteiger partial charge is 0.433 e. The molecule has 2 rings (SSSR count). The highest BCUT2D eigenvalue weighted by Crippen LogP contribution is 2.27. The molecule has 31 heavy (non-hydrogen) atoms. The predicted molar refractivity (Wildman–Crippen MR) is 121 cm³/mol. The summed E-state index contributed by atoms with van der Waals surface area (Å²) in [4.78, 5) is 13.5. The van der Waals surface area contributed by atoms with E-state index in [9.17, 15) is 17.6 Å². The van der Waals surface area contributed by atoms with Gasteiger partial charge in [-0.3, -0.25) is 4.99 Å². The Hall–Kier alpha value is -2.38. The maximum Gasteiger partial charge on any atom is 0.433 e. The molecule has 2 aromatic rings. The van der Waals surface area contributed by atoms with Gasteiger partial charge in [0.15, 0.2) is 17.5 Å². The molecule has 1 aromatic heterocycles. The monoisotopic (exact) mass is 556 g/mol. The highest BCUT2D eigenvalue weighted by atomic mass is 127. The Labute approximate surface area is 195 Å². The first kappa shape index (κ1) is 26.7. The second-order valence-electron chi connectivity index (χ2n) is 6.25. The largest absolute Gasteiger partial charge is 0.494 e. The molecule has 0 saturated heterocycles. The van der Waals surface area contributed by atoms with E-state index in [2.05, 4.69) is 25.6 Å². The van der Waals surface area contributed by atoms with Crippen molar-refractivity contribution in [1.82, 2.24) is 20.2 Å². The van der Waals surface area contributed by atoms with E-state index >= 15 is 0 Å². The molecular formula is C19H25F4IN6O. The number of aliphatic imine (C=N–C) groups is 1. The molecule has 7 nitrogen and oxygen atoms in total. The van der Waals surface area contributed by atoms with Crippen LogP contribution in [-0.2, 0) is 12.7 Å². The van der Waals surface area contributed by atoms with Crippen LogP contribution in [0, 0.1) is 5.82 Å². The summed E-state index contributed by atoms with van der Waals surface area (Å²) in [6.07, 6.45) is -3.48. The first-order chi connectivity index (χ1) is 14.2. The minimum atomic E-state index is -4.53. The second-order valence-corrected chi connectivity index (χ2v) is 6.25. The number of benzene rings is 1. The minimum absolute atomic E-state index is 0. The number of rotatable bonds is 8. The van der Waals surface area contributed by atoms with Gasteiger partial charge < -0.3 is 20.3 Å². The van der Waals surface area contributed by atoms with Crippen molar-refractivity contribution in [3.63, 3.8) is 0 Å². The van der Waals surface area contributed by atoms with Crippen LogP contribution in [0.1, 0.15) is 18.2 Å². The van der Waals surface area contributed by atoms with Gasteiger partial charge in [0, 0.05) is 32.9 Å². The van der Waals surface area contributed by atoms with E-state index < -0.39 is 17.7 Å². The van der Waals surface area contributed by atoms with Gasteiger partial charge in [-0.25, -0.2) is 14.4 Å². The highest BCUT2D eigenvalue weighted by Gasteiger charge is 2.32. The summed E-state index contributed by atoms with van der Waals surface area (Å²) in [5.74, 6) is 0.174. The van der Waals surface area contributed by atoms with Crippen LogP contribution >= 0.6 is 24.0 Å². The molecule has 0 spiro atoms. The van der Waals surface area contributed by atoms with Gasteiger partial charge in [0.1, 0.15) is 5.69 Å². The number of guanidine groups is 1. The topological polar surface area (TPSA) is 74.7 Å². The summed E-state index contributed by atoms with van der Waals surface area (Å²) in [5, 5.41) is 5.84. The Morgan fingerprint density at radius 2 is 2.00 bits per heavy atom. The van der Waals surface area contributed by atoms with Crippen LogP contribution < -0.4 is 15.4 Å². The van der Waals surface area contributed by atoms with Gasteiger partial charge in [-0.2, -0.15) is 13.2 Å². The number of hydrogen-bond donors (Lipinski definition) is 2. The average molecular weight is 556 g/mol. The van der Waals surface area contributed by atoms with E-state index in [0.29, 0.717) is 19.0 Å². The molecule has 12 heteroatoms. The first-order valence-electron chi connectivity index (χ1n) is 9.20. The summed E-state index contributed by atoms with van der Waals surface area (Å²) in [5.41, 5.74) is -0.278. The fraction of sp³-hybridized carbons (Fsp3) is 0.421. The summed E-state index contributed by atoms with van der Waals surface area (Å²) in [7, 11) is 3.20. The molecule has 172 valence electrons. The molecule has 0 aliphatic rings. The van der Waals surface area contributed by atoms with E-state index in [1.54, 1.807) is 19.2 Å². The van der Waals surface area contributed by atoms with Crippen molar-refractivity contribution < 1.29 is 22.3 Å². The van der Waals surface area contributed by atoms with Crippen LogP contribution in [0.25, 0.3) is 0 Å². The lowest BCUT2D eigenvalue weighted by molar-refractivity contribution is -0.141. The van der Waals surface area contributed by atoms with Crippen LogP contribution in [0.2, 0.25) is 0 Å². The molecule has 1 aromatic carbocycles. The summed E-state index contributed by atoms with van der Waals surface area (Å²) in [6.45, 7) is 3.43. The molecule has 2 N–H and O–H groups in total. The summed E-state index contributed by atoms with van der Waals surface area (Å²) in [6, 6.07) is 5.52. The maximum atomic E-state index is 13.9. The lowest BCUT2D eigenvalue weighted by Gasteiger charge is -2.22. The number of halogens is 5. The van der Waals surface area contributed by atoms with Crippen LogP contribution in [0.15, 0.2) is 35.5 Å². The molecule has 1 heterocycles. The SMILES string of the molecule is CCNC(=NCCNc1nccc(C(F)(F)F)n1)N(C)Cc1ccc(OC)c(F)c1.I. The van der Waals surface area contributed by atoms with Crippen molar-refractivity contribution in [2.45, 2.75) is 19.6 Å². The molecule has 0 atom stereocenters. The third kappa shape index (κ3) is 8.34. The van der Waals surface area contributed by atoms with E-state index in [0.717, 1.165) is 17.8 Å². The highest BCUT2D eigenvalue weighted by molar-refractivity contribution is 14.0. The van der Waals surface area contributed by atoms with Crippen LogP contribution in [0.4, 0.5) is 23.5 Å². The van der Waals surface area contributed by atoms with Gasteiger partial charge in [0.2, 0.25) is 5.95 Å². The van der Waals surface area contributed by atoms with Crippen LogP contribution in [0.5, 0.6) is 5.75 Å². The van der Waals surface area contributed by atoms with Crippen molar-refractivity contribution in [2.75, 3.05) is 39.1 Å². The van der Waals surface area contributed by atoms with Gasteiger partial charge in [-0.05, 0) is 30.7 Å². The Morgan fingerprint density at radius 1 is 1.26 bits per heavy atom. The van der Waals surface area contributed by atoms with Crippen molar-refractivity contribution in [2.24, 2.45) is 4.99 Å². The zero-order valence-electron chi connectivity index (χ0n) is 17.3. The molecule has 0 saturated carbocycles. The normalized spacial score (nSPS) is 11.5. The average Bonchev–Trinajstić information content (AvgIpc) is 2.70. The summed E-state index contributed by atoms with van der Waals surface area (Å²) >= 11 is 0. The van der Waals surface area contributed by atoms with Crippen molar-refractivity contribution >= 4 is 35.9 Å². The lowest BCUT2D eigenvalue weighted by atomic mass is 10.2. The maximum absolute atomic E-state index is 13.9. The predicted octanol–water partition coefficient (Wildman–Crippen LogP) is 3.77. The number of anilines is 1. The number of hydrogen-bond acceptors (Lipinski definition) is 5. The molecule has 0 amide bonds. The third-order valence-corrected chi connectivity index (χ3v) is 3.93. The van der Waals surface area contributed by atoms with E-state index in [-0.39, 0.29) is 48.8 Å². The molecule has 0 bridgehead atoms. The zero-order chi connectivity index (χ0) is 22.1. The van der Waals surface area contributed by atoms with Crippen LogP contribution in [-0.4, -0.2) is 54.6 Å². The van der Waals surface area contributed by atoms with Crippen molar-refractivity contribution in [3.8, 4) is 5.75 Å². The fourth-order valence-electron chi connectivity index (χ4n) is 2.56. The first-order valence-corrected chi connectivity index (χ1v) is 9.20. The van der Waals surface area contributed by atoms with Gasteiger partial charge in [0.05, 0.1) is 13.7 Å². The minimum Gasteiger partial charge on any atom is -0.494 e. The molecule has 0 aliphatic heterocycles. The standard InChI is InChI=1S/C19H24F4N6O.HI/c1-4-24-18(29(2)12-13-5-6-15(30-3)14(20)11-13)27-10-9-26-17-25-8-7-16(28-17)19(21,22)23;/h5-8,11H,4,9-10,12H2,1-3H3,(H,24,27)(H,25,26,28);1H. The Bertz CT molecular complexity index is 866. The Morgan fingerprint density at radius 3 is 2.61 bits per heavy atom. The number of alkyl halides is 3. The number of nitrogens with zero attached hydrogens (tertiary/aromatic N) is 4. The van der Waals surface area contributed by atoms with E-state index in [1.165, 1.54) is 13.2 Å².